The highest BCUT2D eigenvalue weighted by atomic mass is 16.5. The SMILES string of the molecule is COCC(=O)N1CCCC(c2nc(-c3ccc(OC)c(OC)c3)no2)C1. The summed E-state index contributed by atoms with van der Waals surface area (Å²) in [4.78, 5) is 18.4. The van der Waals surface area contributed by atoms with Crippen LogP contribution in [0.25, 0.3) is 11.4 Å². The van der Waals surface area contributed by atoms with Gasteiger partial charge in [0, 0.05) is 25.8 Å². The minimum atomic E-state index is -0.0168. The third-order valence-electron chi connectivity index (χ3n) is 4.47. The van der Waals surface area contributed by atoms with Crippen molar-refractivity contribution in [2.45, 2.75) is 18.8 Å². The molecule has 1 fully saturated rings. The highest BCUT2D eigenvalue weighted by Gasteiger charge is 2.28. The minimum Gasteiger partial charge on any atom is -0.493 e. The van der Waals surface area contributed by atoms with Gasteiger partial charge in [0.2, 0.25) is 17.6 Å². The molecule has 26 heavy (non-hydrogen) atoms. The summed E-state index contributed by atoms with van der Waals surface area (Å²) in [6.07, 6.45) is 1.80. The Labute approximate surface area is 152 Å². The van der Waals surface area contributed by atoms with E-state index in [-0.39, 0.29) is 18.4 Å². The summed E-state index contributed by atoms with van der Waals surface area (Å²) in [5, 5.41) is 4.09. The molecular weight excluding hydrogens is 338 g/mol. The Balaban J connectivity index is 1.76. The molecule has 140 valence electrons. The Morgan fingerprint density at radius 3 is 2.81 bits per heavy atom. The molecule has 1 aliphatic rings. The fourth-order valence-electron chi connectivity index (χ4n) is 3.11. The summed E-state index contributed by atoms with van der Waals surface area (Å²) in [5.41, 5.74) is 0.778. The molecule has 1 aliphatic heterocycles. The zero-order valence-electron chi connectivity index (χ0n) is 15.2. The largest absolute Gasteiger partial charge is 0.493 e. The van der Waals surface area contributed by atoms with Gasteiger partial charge in [-0.3, -0.25) is 4.79 Å². The molecule has 1 unspecified atom stereocenters. The van der Waals surface area contributed by atoms with Crippen LogP contribution in [0, 0.1) is 0 Å². The maximum absolute atomic E-state index is 12.0. The molecule has 0 saturated carbocycles. The molecule has 2 heterocycles. The Morgan fingerprint density at radius 2 is 2.08 bits per heavy atom. The maximum atomic E-state index is 12.0. The second kappa shape index (κ2) is 8.18. The number of amides is 1. The number of methoxy groups -OCH3 is 3. The lowest BCUT2D eigenvalue weighted by molar-refractivity contribution is -0.136. The number of ether oxygens (including phenoxy) is 3. The fourth-order valence-corrected chi connectivity index (χ4v) is 3.11. The van der Waals surface area contributed by atoms with Crippen LogP contribution in [0.1, 0.15) is 24.7 Å². The number of carbonyl (C=O) groups excluding carboxylic acids is 1. The number of aromatic nitrogens is 2. The standard InChI is InChI=1S/C18H23N3O5/c1-23-11-16(22)21-8-4-5-13(10-21)18-19-17(20-26-18)12-6-7-14(24-2)15(9-12)25-3/h6-7,9,13H,4-5,8,10-11H2,1-3H3. The smallest absolute Gasteiger partial charge is 0.248 e. The molecule has 1 atom stereocenters. The summed E-state index contributed by atoms with van der Waals surface area (Å²) < 4.78 is 21.0. The number of carbonyl (C=O) groups is 1. The Hall–Kier alpha value is -2.61. The van der Waals surface area contributed by atoms with Crippen LogP contribution in [0.3, 0.4) is 0 Å². The molecule has 1 aromatic heterocycles. The lowest BCUT2D eigenvalue weighted by Crippen LogP contribution is -2.40. The quantitative estimate of drug-likeness (QED) is 0.779. The van der Waals surface area contributed by atoms with E-state index in [0.29, 0.717) is 29.8 Å². The van der Waals surface area contributed by atoms with E-state index in [1.54, 1.807) is 25.2 Å². The second-order valence-electron chi connectivity index (χ2n) is 6.14. The average molecular weight is 361 g/mol. The van der Waals surface area contributed by atoms with Crippen LogP contribution >= 0.6 is 0 Å². The molecular formula is C18H23N3O5. The van der Waals surface area contributed by atoms with Gasteiger partial charge in [0.15, 0.2) is 11.5 Å². The lowest BCUT2D eigenvalue weighted by atomic mass is 9.98. The van der Waals surface area contributed by atoms with Gasteiger partial charge in [-0.05, 0) is 31.0 Å². The van der Waals surface area contributed by atoms with Crippen molar-refractivity contribution >= 4 is 5.91 Å². The van der Waals surface area contributed by atoms with Crippen molar-refractivity contribution in [3.63, 3.8) is 0 Å². The molecule has 1 saturated heterocycles. The van der Waals surface area contributed by atoms with Gasteiger partial charge in [0.25, 0.3) is 0 Å². The molecule has 0 bridgehead atoms. The predicted molar refractivity (Wildman–Crippen MR) is 93.3 cm³/mol. The first-order chi connectivity index (χ1) is 12.7. The summed E-state index contributed by atoms with van der Waals surface area (Å²) in [6.45, 7) is 1.39. The first-order valence-electron chi connectivity index (χ1n) is 8.49. The van der Waals surface area contributed by atoms with Crippen molar-refractivity contribution in [3.05, 3.63) is 24.1 Å². The van der Waals surface area contributed by atoms with Gasteiger partial charge in [-0.1, -0.05) is 5.16 Å². The first-order valence-corrected chi connectivity index (χ1v) is 8.49. The zero-order valence-corrected chi connectivity index (χ0v) is 15.2. The lowest BCUT2D eigenvalue weighted by Gasteiger charge is -2.30. The molecule has 0 N–H and O–H groups in total. The summed E-state index contributed by atoms with van der Waals surface area (Å²) >= 11 is 0. The Kier molecular flexibility index (Phi) is 5.72. The normalized spacial score (nSPS) is 17.2. The number of piperidine rings is 1. The van der Waals surface area contributed by atoms with Crippen molar-refractivity contribution in [3.8, 4) is 22.9 Å². The summed E-state index contributed by atoms with van der Waals surface area (Å²) in [6, 6.07) is 5.46. The van der Waals surface area contributed by atoms with Crippen LogP contribution in [0.2, 0.25) is 0 Å². The van der Waals surface area contributed by atoms with Gasteiger partial charge >= 0.3 is 0 Å². The number of hydrogen-bond donors (Lipinski definition) is 0. The van der Waals surface area contributed by atoms with Gasteiger partial charge in [-0.2, -0.15) is 4.98 Å². The predicted octanol–water partition coefficient (Wildman–Crippen LogP) is 2.11. The van der Waals surface area contributed by atoms with Crippen LogP contribution in [0.5, 0.6) is 11.5 Å². The number of likely N-dealkylation sites (tertiary alicyclic amines) is 1. The molecule has 0 spiro atoms. The van der Waals surface area contributed by atoms with Crippen LogP contribution < -0.4 is 9.47 Å². The van der Waals surface area contributed by atoms with Gasteiger partial charge in [0.05, 0.1) is 20.1 Å². The highest BCUT2D eigenvalue weighted by Crippen LogP contribution is 2.32. The number of benzene rings is 1. The molecule has 8 heteroatoms. The zero-order chi connectivity index (χ0) is 18.5. The van der Waals surface area contributed by atoms with Crippen molar-refractivity contribution in [1.82, 2.24) is 15.0 Å². The molecule has 1 amide bonds. The van der Waals surface area contributed by atoms with Crippen LogP contribution in [-0.2, 0) is 9.53 Å². The summed E-state index contributed by atoms with van der Waals surface area (Å²) in [7, 11) is 4.69. The molecule has 8 nitrogen and oxygen atoms in total. The number of nitrogens with zero attached hydrogens (tertiary/aromatic N) is 3. The van der Waals surface area contributed by atoms with Gasteiger partial charge in [-0.15, -0.1) is 0 Å². The topological polar surface area (TPSA) is 86.9 Å². The summed E-state index contributed by atoms with van der Waals surface area (Å²) in [5.74, 6) is 2.29. The molecule has 0 radical (unpaired) electrons. The van der Waals surface area contributed by atoms with E-state index in [4.69, 9.17) is 18.7 Å². The third-order valence-corrected chi connectivity index (χ3v) is 4.47. The van der Waals surface area contributed by atoms with E-state index in [9.17, 15) is 4.79 Å². The molecule has 3 rings (SSSR count). The monoisotopic (exact) mass is 361 g/mol. The fraction of sp³-hybridized carbons (Fsp3) is 0.500. The third kappa shape index (κ3) is 3.80. The first kappa shape index (κ1) is 18.2. The Bertz CT molecular complexity index is 761. The van der Waals surface area contributed by atoms with Gasteiger partial charge < -0.3 is 23.6 Å². The van der Waals surface area contributed by atoms with Crippen LogP contribution in [0.4, 0.5) is 0 Å². The van der Waals surface area contributed by atoms with E-state index < -0.39 is 0 Å². The maximum Gasteiger partial charge on any atom is 0.248 e. The highest BCUT2D eigenvalue weighted by molar-refractivity contribution is 5.77. The minimum absolute atomic E-state index is 0.0168. The van der Waals surface area contributed by atoms with Crippen molar-refractivity contribution in [2.24, 2.45) is 0 Å². The molecule has 1 aromatic carbocycles. The number of hydrogen-bond acceptors (Lipinski definition) is 7. The molecule has 2 aromatic rings. The van der Waals surface area contributed by atoms with E-state index in [1.807, 2.05) is 12.1 Å². The van der Waals surface area contributed by atoms with Crippen LogP contribution in [0.15, 0.2) is 22.7 Å². The van der Waals surface area contributed by atoms with E-state index in [0.717, 1.165) is 24.9 Å². The van der Waals surface area contributed by atoms with Crippen molar-refractivity contribution in [1.29, 1.82) is 0 Å². The van der Waals surface area contributed by atoms with Gasteiger partial charge in [0.1, 0.15) is 6.61 Å². The van der Waals surface area contributed by atoms with Crippen molar-refractivity contribution in [2.75, 3.05) is 41.0 Å². The van der Waals surface area contributed by atoms with E-state index in [2.05, 4.69) is 10.1 Å². The van der Waals surface area contributed by atoms with E-state index in [1.165, 1.54) is 7.11 Å². The molecule has 0 aliphatic carbocycles. The average Bonchev–Trinajstić information content (AvgIpc) is 3.18. The second-order valence-corrected chi connectivity index (χ2v) is 6.14. The number of rotatable bonds is 6. The van der Waals surface area contributed by atoms with Crippen LogP contribution in [-0.4, -0.2) is 62.0 Å². The Morgan fingerprint density at radius 1 is 1.27 bits per heavy atom. The van der Waals surface area contributed by atoms with Gasteiger partial charge in [-0.25, -0.2) is 0 Å². The van der Waals surface area contributed by atoms with Crippen molar-refractivity contribution < 1.29 is 23.5 Å². The van der Waals surface area contributed by atoms with E-state index >= 15 is 0 Å².